The molecule has 138 valence electrons. The maximum atomic E-state index is 12.3. The Morgan fingerprint density at radius 1 is 1.23 bits per heavy atom. The largest absolute Gasteiger partial charge is 0.494 e. The summed E-state index contributed by atoms with van der Waals surface area (Å²) in [5.41, 5.74) is 2.09. The van der Waals surface area contributed by atoms with E-state index in [4.69, 9.17) is 21.1 Å². The number of aryl methyl sites for hydroxylation is 2. The zero-order chi connectivity index (χ0) is 19.3. The van der Waals surface area contributed by atoms with Crippen LogP contribution in [0.4, 0.5) is 5.69 Å². The lowest BCUT2D eigenvalue weighted by molar-refractivity contribution is -0.123. The van der Waals surface area contributed by atoms with E-state index in [1.165, 1.54) is 6.92 Å². The van der Waals surface area contributed by atoms with E-state index in [2.05, 4.69) is 10.3 Å². The lowest BCUT2D eigenvalue weighted by Crippen LogP contribution is -2.30. The fraction of sp³-hybridized carbons (Fsp3) is 0.316. The van der Waals surface area contributed by atoms with Crippen LogP contribution in [0.2, 0.25) is 5.15 Å². The number of amides is 1. The normalized spacial score (nSPS) is 11.6. The Hall–Kier alpha value is -2.60. The average molecular weight is 377 g/mol. The van der Waals surface area contributed by atoms with Crippen LogP contribution in [0.5, 0.6) is 5.75 Å². The molecule has 26 heavy (non-hydrogen) atoms. The molecule has 0 saturated heterocycles. The molecule has 0 aliphatic carbocycles. The van der Waals surface area contributed by atoms with Crippen molar-refractivity contribution < 1.29 is 19.1 Å². The lowest BCUT2D eigenvalue weighted by atomic mass is 10.1. The third-order valence-electron chi connectivity index (χ3n) is 3.59. The molecule has 1 aromatic heterocycles. The third kappa shape index (κ3) is 4.95. The number of nitrogens with one attached hydrogen (secondary N) is 1. The van der Waals surface area contributed by atoms with E-state index in [1.807, 2.05) is 6.92 Å². The fourth-order valence-electron chi connectivity index (χ4n) is 2.35. The fourth-order valence-corrected chi connectivity index (χ4v) is 2.71. The van der Waals surface area contributed by atoms with Crippen molar-refractivity contribution in [3.8, 4) is 5.75 Å². The molecule has 7 heteroatoms. The van der Waals surface area contributed by atoms with E-state index in [0.29, 0.717) is 29.3 Å². The number of rotatable bonds is 6. The molecule has 1 aromatic carbocycles. The summed E-state index contributed by atoms with van der Waals surface area (Å²) in [5.74, 6) is -0.423. The minimum absolute atomic E-state index is 0.0617. The quantitative estimate of drug-likeness (QED) is 0.610. The molecule has 2 aromatic rings. The van der Waals surface area contributed by atoms with Gasteiger partial charge in [0.2, 0.25) is 0 Å². The van der Waals surface area contributed by atoms with Crippen LogP contribution in [-0.2, 0) is 9.53 Å². The van der Waals surface area contributed by atoms with Crippen LogP contribution in [0, 0.1) is 13.8 Å². The van der Waals surface area contributed by atoms with E-state index in [9.17, 15) is 9.59 Å². The molecule has 0 unspecified atom stereocenters. The van der Waals surface area contributed by atoms with Gasteiger partial charge in [0.25, 0.3) is 5.91 Å². The number of pyridine rings is 1. The summed E-state index contributed by atoms with van der Waals surface area (Å²) in [5, 5.41) is 2.75. The summed E-state index contributed by atoms with van der Waals surface area (Å²) >= 11 is 6.04. The highest BCUT2D eigenvalue weighted by atomic mass is 35.5. The molecule has 1 atom stereocenters. The Labute approximate surface area is 157 Å². The number of hydrogen-bond acceptors (Lipinski definition) is 5. The Kier molecular flexibility index (Phi) is 6.58. The minimum Gasteiger partial charge on any atom is -0.494 e. The zero-order valence-corrected chi connectivity index (χ0v) is 15.9. The Morgan fingerprint density at radius 2 is 1.88 bits per heavy atom. The van der Waals surface area contributed by atoms with Gasteiger partial charge in [-0.2, -0.15) is 0 Å². The molecule has 0 bridgehead atoms. The van der Waals surface area contributed by atoms with Gasteiger partial charge in [-0.05, 0) is 63.6 Å². The highest BCUT2D eigenvalue weighted by Crippen LogP contribution is 2.21. The summed E-state index contributed by atoms with van der Waals surface area (Å²) in [6.07, 6.45) is -0.995. The van der Waals surface area contributed by atoms with Crippen LogP contribution in [0.1, 0.15) is 35.5 Å². The molecule has 0 aliphatic rings. The summed E-state index contributed by atoms with van der Waals surface area (Å²) in [7, 11) is 0. The Balaban J connectivity index is 2.01. The van der Waals surface area contributed by atoms with E-state index < -0.39 is 18.0 Å². The molecule has 0 spiro atoms. The van der Waals surface area contributed by atoms with Gasteiger partial charge in [0, 0.05) is 11.4 Å². The predicted octanol–water partition coefficient (Wildman–Crippen LogP) is 3.93. The number of carbonyl (C=O) groups is 2. The predicted molar refractivity (Wildman–Crippen MR) is 99.8 cm³/mol. The molecule has 6 nitrogen and oxygen atoms in total. The van der Waals surface area contributed by atoms with Gasteiger partial charge >= 0.3 is 5.97 Å². The number of nitrogens with zero attached hydrogens (tertiary/aromatic N) is 1. The minimum atomic E-state index is -0.995. The zero-order valence-electron chi connectivity index (χ0n) is 15.1. The molecule has 1 amide bonds. The number of halogens is 1. The first-order chi connectivity index (χ1) is 12.3. The highest BCUT2D eigenvalue weighted by Gasteiger charge is 2.23. The summed E-state index contributed by atoms with van der Waals surface area (Å²) in [6.45, 7) is 7.47. The van der Waals surface area contributed by atoms with Gasteiger partial charge in [-0.25, -0.2) is 9.78 Å². The first-order valence-electron chi connectivity index (χ1n) is 8.20. The maximum absolute atomic E-state index is 12.3. The summed E-state index contributed by atoms with van der Waals surface area (Å²) in [4.78, 5) is 28.6. The smallest absolute Gasteiger partial charge is 0.342 e. The molecule has 1 heterocycles. The van der Waals surface area contributed by atoms with Crippen LogP contribution in [-0.4, -0.2) is 29.6 Å². The van der Waals surface area contributed by atoms with E-state index >= 15 is 0 Å². The van der Waals surface area contributed by atoms with Gasteiger partial charge in [0.15, 0.2) is 6.10 Å². The van der Waals surface area contributed by atoms with Gasteiger partial charge in [-0.15, -0.1) is 0 Å². The number of ether oxygens (including phenoxy) is 2. The molecular formula is C19H21ClN2O4. The lowest BCUT2D eigenvalue weighted by Gasteiger charge is -2.15. The average Bonchev–Trinajstić information content (AvgIpc) is 2.55. The molecular weight excluding hydrogens is 356 g/mol. The van der Waals surface area contributed by atoms with Crippen molar-refractivity contribution >= 4 is 29.2 Å². The molecule has 0 saturated carbocycles. The van der Waals surface area contributed by atoms with Gasteiger partial charge in [0.1, 0.15) is 10.9 Å². The van der Waals surface area contributed by atoms with Gasteiger partial charge in [-0.3, -0.25) is 4.79 Å². The maximum Gasteiger partial charge on any atom is 0.342 e. The summed E-state index contributed by atoms with van der Waals surface area (Å²) < 4.78 is 10.6. The highest BCUT2D eigenvalue weighted by molar-refractivity contribution is 6.32. The van der Waals surface area contributed by atoms with Crippen molar-refractivity contribution in [3.63, 3.8) is 0 Å². The van der Waals surface area contributed by atoms with Crippen molar-refractivity contribution in [2.45, 2.75) is 33.8 Å². The number of aromatic nitrogens is 1. The molecule has 0 aliphatic heterocycles. The first kappa shape index (κ1) is 19.7. The second kappa shape index (κ2) is 8.67. The summed E-state index contributed by atoms with van der Waals surface area (Å²) in [6, 6.07) is 8.64. The van der Waals surface area contributed by atoms with Crippen LogP contribution in [0.3, 0.4) is 0 Å². The molecule has 2 rings (SSSR count). The molecule has 0 radical (unpaired) electrons. The van der Waals surface area contributed by atoms with E-state index in [-0.39, 0.29) is 10.7 Å². The van der Waals surface area contributed by atoms with Crippen LogP contribution >= 0.6 is 11.6 Å². The van der Waals surface area contributed by atoms with Crippen molar-refractivity contribution in [2.24, 2.45) is 0 Å². The topological polar surface area (TPSA) is 77.5 Å². The number of hydrogen-bond donors (Lipinski definition) is 1. The molecule has 1 N–H and O–H groups in total. The van der Waals surface area contributed by atoms with Crippen molar-refractivity contribution in [1.29, 1.82) is 0 Å². The van der Waals surface area contributed by atoms with Crippen molar-refractivity contribution in [3.05, 3.63) is 52.3 Å². The van der Waals surface area contributed by atoms with Crippen molar-refractivity contribution in [2.75, 3.05) is 11.9 Å². The molecule has 0 fully saturated rings. The Bertz CT molecular complexity index is 783. The van der Waals surface area contributed by atoms with Crippen LogP contribution < -0.4 is 10.1 Å². The number of esters is 1. The monoisotopic (exact) mass is 376 g/mol. The van der Waals surface area contributed by atoms with Crippen LogP contribution in [0.25, 0.3) is 0 Å². The number of anilines is 1. The van der Waals surface area contributed by atoms with E-state index in [0.717, 1.165) is 0 Å². The van der Waals surface area contributed by atoms with Gasteiger partial charge in [-0.1, -0.05) is 11.6 Å². The second-order valence-corrected chi connectivity index (χ2v) is 6.10. The standard InChI is InChI=1S/C19H21ClN2O4/c1-5-25-15-8-6-14(7-9-15)22-18(23)13(4)26-19(24)16-11(2)10-12(3)21-17(16)20/h6-10,13H,5H2,1-4H3,(H,22,23)/t13-/m0/s1. The van der Waals surface area contributed by atoms with Gasteiger partial charge < -0.3 is 14.8 Å². The Morgan fingerprint density at radius 3 is 2.46 bits per heavy atom. The second-order valence-electron chi connectivity index (χ2n) is 5.74. The van der Waals surface area contributed by atoms with Gasteiger partial charge in [0.05, 0.1) is 12.2 Å². The first-order valence-corrected chi connectivity index (χ1v) is 8.58. The third-order valence-corrected chi connectivity index (χ3v) is 3.86. The van der Waals surface area contributed by atoms with E-state index in [1.54, 1.807) is 44.2 Å². The van der Waals surface area contributed by atoms with Crippen molar-refractivity contribution in [1.82, 2.24) is 4.98 Å². The SMILES string of the molecule is CCOc1ccc(NC(=O)[C@H](C)OC(=O)c2c(C)cc(C)nc2Cl)cc1. The number of benzene rings is 1. The number of carbonyl (C=O) groups excluding carboxylic acids is 2. The van der Waals surface area contributed by atoms with Crippen LogP contribution in [0.15, 0.2) is 30.3 Å².